The highest BCUT2D eigenvalue weighted by Crippen LogP contribution is 2.24. The van der Waals surface area contributed by atoms with Crippen LogP contribution in [0.25, 0.3) is 0 Å². The van der Waals surface area contributed by atoms with Crippen LogP contribution < -0.4 is 10.5 Å². The quantitative estimate of drug-likeness (QED) is 0.664. The van der Waals surface area contributed by atoms with E-state index in [4.69, 9.17) is 27.5 Å². The van der Waals surface area contributed by atoms with Crippen molar-refractivity contribution >= 4 is 17.4 Å². The summed E-state index contributed by atoms with van der Waals surface area (Å²) in [5, 5.41) is 8.12. The van der Waals surface area contributed by atoms with Crippen LogP contribution in [0.3, 0.4) is 0 Å². The van der Waals surface area contributed by atoms with Gasteiger partial charge in [-0.3, -0.25) is 5.41 Å². The zero-order valence-corrected chi connectivity index (χ0v) is 12.3. The molecule has 0 bridgehead atoms. The lowest BCUT2D eigenvalue weighted by molar-refractivity contribution is 0.305. The zero-order chi connectivity index (χ0) is 14.7. The first-order valence-corrected chi connectivity index (χ1v) is 6.68. The molecule has 0 unspecified atom stereocenters. The number of hydrogen-bond donors (Lipinski definition) is 2. The van der Waals surface area contributed by atoms with Gasteiger partial charge in [0.1, 0.15) is 18.2 Å². The van der Waals surface area contributed by atoms with E-state index in [0.29, 0.717) is 22.9 Å². The van der Waals surface area contributed by atoms with E-state index < -0.39 is 0 Å². The van der Waals surface area contributed by atoms with Gasteiger partial charge in [-0.2, -0.15) is 0 Å². The van der Waals surface area contributed by atoms with E-state index in [1.165, 1.54) is 11.1 Å². The normalized spacial score (nSPS) is 10.3. The van der Waals surface area contributed by atoms with Crippen LogP contribution in [-0.2, 0) is 6.61 Å². The van der Waals surface area contributed by atoms with Crippen molar-refractivity contribution in [1.82, 2.24) is 0 Å². The molecule has 20 heavy (non-hydrogen) atoms. The van der Waals surface area contributed by atoms with Crippen LogP contribution in [0, 0.1) is 19.3 Å². The predicted octanol–water partition coefficient (Wildman–Crippen LogP) is 3.82. The van der Waals surface area contributed by atoms with Crippen molar-refractivity contribution in [2.24, 2.45) is 5.73 Å². The SMILES string of the molecule is Cc1ccc(C)c(COc2cc(Cl)ccc2C(=N)N)c1. The number of nitrogens with two attached hydrogens (primary N) is 1. The first-order valence-electron chi connectivity index (χ1n) is 6.30. The Morgan fingerprint density at radius 2 is 1.95 bits per heavy atom. The number of rotatable bonds is 4. The van der Waals surface area contributed by atoms with E-state index in [0.717, 1.165) is 5.56 Å². The summed E-state index contributed by atoms with van der Waals surface area (Å²) in [4.78, 5) is 0. The molecule has 3 N–H and O–H groups in total. The molecule has 2 aromatic rings. The van der Waals surface area contributed by atoms with Crippen molar-refractivity contribution in [1.29, 1.82) is 5.41 Å². The standard InChI is InChI=1S/C16H17ClN2O/c1-10-3-4-11(2)12(7-10)9-20-15-8-13(17)5-6-14(15)16(18)19/h3-8H,9H2,1-2H3,(H3,18,19). The summed E-state index contributed by atoms with van der Waals surface area (Å²) >= 11 is 5.97. The van der Waals surface area contributed by atoms with Crippen molar-refractivity contribution in [2.45, 2.75) is 20.5 Å². The molecule has 4 heteroatoms. The van der Waals surface area contributed by atoms with E-state index >= 15 is 0 Å². The molecule has 0 heterocycles. The van der Waals surface area contributed by atoms with Crippen LogP contribution in [-0.4, -0.2) is 5.84 Å². The fourth-order valence-electron chi connectivity index (χ4n) is 1.95. The number of nitrogen functional groups attached to an aromatic ring is 1. The van der Waals surface area contributed by atoms with Gasteiger partial charge in [-0.15, -0.1) is 0 Å². The highest BCUT2D eigenvalue weighted by atomic mass is 35.5. The minimum absolute atomic E-state index is 0.0300. The Morgan fingerprint density at radius 1 is 1.20 bits per heavy atom. The first kappa shape index (κ1) is 14.4. The highest BCUT2D eigenvalue weighted by Gasteiger charge is 2.08. The molecule has 104 valence electrons. The smallest absolute Gasteiger partial charge is 0.132 e. The summed E-state index contributed by atoms with van der Waals surface area (Å²) in [6.45, 7) is 4.51. The van der Waals surface area contributed by atoms with Gasteiger partial charge in [-0.1, -0.05) is 35.4 Å². The Bertz CT molecular complexity index is 653. The first-order chi connectivity index (χ1) is 9.47. The maximum atomic E-state index is 7.56. The van der Waals surface area contributed by atoms with Gasteiger partial charge in [0.15, 0.2) is 0 Å². The number of nitrogens with one attached hydrogen (secondary N) is 1. The molecule has 3 nitrogen and oxygen atoms in total. The van der Waals surface area contributed by atoms with E-state index in [-0.39, 0.29) is 5.84 Å². The summed E-state index contributed by atoms with van der Waals surface area (Å²) in [6.07, 6.45) is 0. The van der Waals surface area contributed by atoms with E-state index in [1.54, 1.807) is 18.2 Å². The number of benzene rings is 2. The number of aryl methyl sites for hydroxylation is 2. The average molecular weight is 289 g/mol. The second-order valence-electron chi connectivity index (χ2n) is 4.77. The summed E-state index contributed by atoms with van der Waals surface area (Å²) < 4.78 is 5.80. The molecular formula is C16H17ClN2O. The van der Waals surface area contributed by atoms with Gasteiger partial charge in [0.05, 0.1) is 5.56 Å². The predicted molar refractivity (Wildman–Crippen MR) is 82.7 cm³/mol. The molecule has 0 saturated carbocycles. The molecular weight excluding hydrogens is 272 g/mol. The highest BCUT2D eigenvalue weighted by molar-refractivity contribution is 6.30. The third-order valence-electron chi connectivity index (χ3n) is 3.12. The average Bonchev–Trinajstić information content (AvgIpc) is 2.39. The molecule has 0 amide bonds. The van der Waals surface area contributed by atoms with Crippen LogP contribution >= 0.6 is 11.6 Å². The van der Waals surface area contributed by atoms with E-state index in [1.807, 2.05) is 13.8 Å². The lowest BCUT2D eigenvalue weighted by Gasteiger charge is -2.13. The maximum absolute atomic E-state index is 7.56. The van der Waals surface area contributed by atoms with Crippen molar-refractivity contribution in [3.63, 3.8) is 0 Å². The largest absolute Gasteiger partial charge is 0.488 e. The van der Waals surface area contributed by atoms with Gasteiger partial charge >= 0.3 is 0 Å². The number of amidine groups is 1. The Kier molecular flexibility index (Phi) is 4.30. The Morgan fingerprint density at radius 3 is 2.65 bits per heavy atom. The summed E-state index contributed by atoms with van der Waals surface area (Å²) in [7, 11) is 0. The minimum atomic E-state index is -0.0300. The Labute approximate surface area is 123 Å². The monoisotopic (exact) mass is 288 g/mol. The van der Waals surface area contributed by atoms with Gasteiger partial charge in [0, 0.05) is 5.02 Å². The molecule has 0 spiro atoms. The summed E-state index contributed by atoms with van der Waals surface area (Å²) in [6, 6.07) is 11.3. The molecule has 0 saturated heterocycles. The number of hydrogen-bond acceptors (Lipinski definition) is 2. The second-order valence-corrected chi connectivity index (χ2v) is 5.21. The number of halogens is 1. The molecule has 2 aromatic carbocycles. The molecule has 0 fully saturated rings. The van der Waals surface area contributed by atoms with E-state index in [2.05, 4.69) is 18.2 Å². The van der Waals surface area contributed by atoms with Crippen LogP contribution in [0.1, 0.15) is 22.3 Å². The van der Waals surface area contributed by atoms with Gasteiger partial charge in [0.25, 0.3) is 0 Å². The van der Waals surface area contributed by atoms with E-state index in [9.17, 15) is 0 Å². The fourth-order valence-corrected chi connectivity index (χ4v) is 2.11. The maximum Gasteiger partial charge on any atom is 0.132 e. The number of ether oxygens (including phenoxy) is 1. The molecule has 0 aromatic heterocycles. The lowest BCUT2D eigenvalue weighted by Crippen LogP contribution is -2.13. The van der Waals surface area contributed by atoms with Gasteiger partial charge in [-0.25, -0.2) is 0 Å². The van der Waals surface area contributed by atoms with Crippen LogP contribution in [0.5, 0.6) is 5.75 Å². The summed E-state index contributed by atoms with van der Waals surface area (Å²) in [5.74, 6) is 0.503. The van der Waals surface area contributed by atoms with Crippen molar-refractivity contribution in [2.75, 3.05) is 0 Å². The molecule has 0 aliphatic carbocycles. The van der Waals surface area contributed by atoms with Crippen LogP contribution in [0.15, 0.2) is 36.4 Å². The molecule has 2 rings (SSSR count). The molecule has 0 radical (unpaired) electrons. The minimum Gasteiger partial charge on any atom is -0.488 e. The molecule has 0 atom stereocenters. The zero-order valence-electron chi connectivity index (χ0n) is 11.5. The van der Waals surface area contributed by atoms with Crippen LogP contribution in [0.4, 0.5) is 0 Å². The third-order valence-corrected chi connectivity index (χ3v) is 3.36. The Balaban J connectivity index is 2.24. The lowest BCUT2D eigenvalue weighted by atomic mass is 10.1. The van der Waals surface area contributed by atoms with Crippen molar-refractivity contribution in [3.8, 4) is 5.75 Å². The topological polar surface area (TPSA) is 59.1 Å². The Hall–Kier alpha value is -2.00. The summed E-state index contributed by atoms with van der Waals surface area (Å²) in [5.41, 5.74) is 9.57. The third kappa shape index (κ3) is 3.31. The fraction of sp³-hybridized carbons (Fsp3) is 0.188. The second kappa shape index (κ2) is 5.97. The van der Waals surface area contributed by atoms with Crippen molar-refractivity contribution in [3.05, 3.63) is 63.7 Å². The van der Waals surface area contributed by atoms with Crippen molar-refractivity contribution < 1.29 is 4.74 Å². The van der Waals surface area contributed by atoms with Gasteiger partial charge in [0.2, 0.25) is 0 Å². The van der Waals surface area contributed by atoms with Gasteiger partial charge in [-0.05, 0) is 43.2 Å². The van der Waals surface area contributed by atoms with Crippen LogP contribution in [0.2, 0.25) is 5.02 Å². The molecule has 0 aliphatic heterocycles. The van der Waals surface area contributed by atoms with Gasteiger partial charge < -0.3 is 10.5 Å². The molecule has 0 aliphatic rings.